The third-order valence-corrected chi connectivity index (χ3v) is 0.632. The molecule has 0 unspecified atom stereocenters. The molecule has 52 valence electrons. The summed E-state index contributed by atoms with van der Waals surface area (Å²) in [5, 5.41) is 9.12. The Morgan fingerprint density at radius 3 is 1.80 bits per heavy atom. The largest absolute Gasteiger partial charge is 0.337 e. The summed E-state index contributed by atoms with van der Waals surface area (Å²) in [5.74, 6) is -0.657. The monoisotopic (exact) mass is 139 g/mol. The smallest absolute Gasteiger partial charge is 0.250 e. The number of nitrogens with zero attached hydrogens (tertiary/aromatic N) is 1. The van der Waals surface area contributed by atoms with Crippen molar-refractivity contribution in [1.82, 2.24) is 5.32 Å². The van der Waals surface area contributed by atoms with Crippen LogP contribution in [0.2, 0.25) is 0 Å². The van der Waals surface area contributed by atoms with Crippen molar-refractivity contribution in [2.24, 2.45) is 5.73 Å². The number of nitriles is 1. The molecule has 1 aliphatic rings. The maximum absolute atomic E-state index is 10.0. The Bertz CT molecular complexity index is 197. The normalized spacial score (nSPS) is 13.1. The van der Waals surface area contributed by atoms with Crippen molar-refractivity contribution in [3.05, 3.63) is 12.2 Å². The minimum atomic E-state index is -0.329. The van der Waals surface area contributed by atoms with Crippen LogP contribution < -0.4 is 11.1 Å². The van der Waals surface area contributed by atoms with Gasteiger partial charge in [-0.15, -0.1) is 0 Å². The molecule has 0 atom stereocenters. The first-order valence-corrected chi connectivity index (χ1v) is 2.33. The topological polar surface area (TPSA) is 96.0 Å². The third-order valence-electron chi connectivity index (χ3n) is 0.632. The van der Waals surface area contributed by atoms with Gasteiger partial charge in [-0.1, -0.05) is 0 Å². The summed E-state index contributed by atoms with van der Waals surface area (Å²) in [5.41, 5.74) is 4.15. The zero-order valence-corrected chi connectivity index (χ0v) is 5.00. The third kappa shape index (κ3) is 3.21. The summed E-state index contributed by atoms with van der Waals surface area (Å²) in [6.07, 6.45) is 3.64. The van der Waals surface area contributed by atoms with E-state index in [0.29, 0.717) is 0 Å². The first-order chi connectivity index (χ1) is 4.70. The van der Waals surface area contributed by atoms with Gasteiger partial charge in [0.2, 0.25) is 0 Å². The van der Waals surface area contributed by atoms with E-state index < -0.39 is 0 Å². The Labute approximate surface area is 57.1 Å². The fourth-order valence-electron chi connectivity index (χ4n) is 0.356. The summed E-state index contributed by atoms with van der Waals surface area (Å²) < 4.78 is 0. The van der Waals surface area contributed by atoms with Crippen LogP contribution >= 0.6 is 0 Å². The summed E-state index contributed by atoms with van der Waals surface area (Å²) in [7, 11) is 0. The highest BCUT2D eigenvalue weighted by Crippen LogP contribution is 1.82. The van der Waals surface area contributed by atoms with Crippen molar-refractivity contribution in [3.63, 3.8) is 0 Å². The van der Waals surface area contributed by atoms with Gasteiger partial charge in [0, 0.05) is 12.2 Å². The van der Waals surface area contributed by atoms with Crippen molar-refractivity contribution < 1.29 is 9.59 Å². The highest BCUT2D eigenvalue weighted by Gasteiger charge is 2.06. The summed E-state index contributed by atoms with van der Waals surface area (Å²) in [6, 6.07) is 0. The van der Waals surface area contributed by atoms with Crippen LogP contribution in [0.15, 0.2) is 12.2 Å². The lowest BCUT2D eigenvalue weighted by Gasteiger charge is -1.80. The molecular formula is C5H5N3O2. The van der Waals surface area contributed by atoms with Crippen molar-refractivity contribution in [1.29, 1.82) is 5.26 Å². The van der Waals surface area contributed by atoms with Crippen LogP contribution in [0.3, 0.4) is 0 Å². The van der Waals surface area contributed by atoms with Crippen molar-refractivity contribution in [2.75, 3.05) is 0 Å². The molecule has 0 aliphatic carbocycles. The second-order valence-electron chi connectivity index (χ2n) is 1.32. The van der Waals surface area contributed by atoms with Gasteiger partial charge in [0.15, 0.2) is 6.19 Å². The van der Waals surface area contributed by atoms with Gasteiger partial charge in [-0.25, -0.2) is 0 Å². The van der Waals surface area contributed by atoms with Gasteiger partial charge in [-0.05, 0) is 0 Å². The minimum Gasteiger partial charge on any atom is -0.337 e. The lowest BCUT2D eigenvalue weighted by atomic mass is 10.6. The number of hydrogen-bond acceptors (Lipinski definition) is 4. The molecule has 0 bridgehead atoms. The Kier molecular flexibility index (Phi) is 3.34. The average molecular weight is 139 g/mol. The summed E-state index contributed by atoms with van der Waals surface area (Å²) >= 11 is 0. The van der Waals surface area contributed by atoms with Crippen LogP contribution in [0.5, 0.6) is 0 Å². The van der Waals surface area contributed by atoms with Gasteiger partial charge in [0.1, 0.15) is 0 Å². The van der Waals surface area contributed by atoms with E-state index in [0.717, 1.165) is 0 Å². The van der Waals surface area contributed by atoms with Crippen LogP contribution in [-0.2, 0) is 9.59 Å². The number of hydrogen-bond donors (Lipinski definition) is 2. The molecule has 0 fully saturated rings. The molecule has 5 nitrogen and oxygen atoms in total. The highest BCUT2D eigenvalue weighted by atomic mass is 16.2. The lowest BCUT2D eigenvalue weighted by molar-refractivity contribution is -0.123. The molecule has 10 heavy (non-hydrogen) atoms. The van der Waals surface area contributed by atoms with E-state index in [-0.39, 0.29) is 11.8 Å². The molecule has 2 amide bonds. The number of imide groups is 1. The van der Waals surface area contributed by atoms with Crippen LogP contribution in [0.1, 0.15) is 0 Å². The number of nitrogens with one attached hydrogen (secondary N) is 1. The van der Waals surface area contributed by atoms with Gasteiger partial charge in [-0.3, -0.25) is 14.9 Å². The van der Waals surface area contributed by atoms with Crippen molar-refractivity contribution in [2.45, 2.75) is 0 Å². The fraction of sp³-hybridized carbons (Fsp3) is 0. The van der Waals surface area contributed by atoms with E-state index in [1.54, 1.807) is 0 Å². The molecule has 0 saturated carbocycles. The van der Waals surface area contributed by atoms with Crippen molar-refractivity contribution >= 4 is 11.8 Å². The zero-order chi connectivity index (χ0) is 7.98. The van der Waals surface area contributed by atoms with E-state index in [4.69, 9.17) is 5.26 Å². The molecule has 5 heteroatoms. The van der Waals surface area contributed by atoms with E-state index in [1.165, 1.54) is 18.3 Å². The number of rotatable bonds is 0. The van der Waals surface area contributed by atoms with E-state index in [9.17, 15) is 9.59 Å². The van der Waals surface area contributed by atoms with Crippen molar-refractivity contribution in [3.8, 4) is 6.19 Å². The van der Waals surface area contributed by atoms with Crippen LogP contribution in [-0.4, -0.2) is 11.8 Å². The summed E-state index contributed by atoms with van der Waals surface area (Å²) in [4.78, 5) is 20.1. The van der Waals surface area contributed by atoms with Gasteiger partial charge < -0.3 is 5.73 Å². The molecule has 0 saturated heterocycles. The van der Waals surface area contributed by atoms with Crippen LogP contribution in [0.25, 0.3) is 0 Å². The second kappa shape index (κ2) is 4.09. The molecule has 0 aromatic heterocycles. The molecule has 0 aromatic rings. The minimum absolute atomic E-state index is 0.329. The molecule has 1 heterocycles. The number of amides is 2. The highest BCUT2D eigenvalue weighted by molar-refractivity contribution is 6.12. The number of carbonyl (C=O) groups excluding carboxylic acids is 2. The lowest BCUT2D eigenvalue weighted by Crippen LogP contribution is -2.19. The first-order valence-electron chi connectivity index (χ1n) is 2.33. The Morgan fingerprint density at radius 2 is 1.70 bits per heavy atom. The van der Waals surface area contributed by atoms with E-state index in [2.05, 4.69) is 5.73 Å². The van der Waals surface area contributed by atoms with Crippen LogP contribution in [0, 0.1) is 11.5 Å². The van der Waals surface area contributed by atoms with Crippen LogP contribution in [0.4, 0.5) is 0 Å². The van der Waals surface area contributed by atoms with Gasteiger partial charge in [-0.2, -0.15) is 5.26 Å². The molecule has 0 aromatic carbocycles. The number of nitrogens with two attached hydrogens (primary N) is 1. The predicted molar refractivity (Wildman–Crippen MR) is 32.1 cm³/mol. The second-order valence-corrected chi connectivity index (χ2v) is 1.32. The fourth-order valence-corrected chi connectivity index (χ4v) is 0.356. The predicted octanol–water partition coefficient (Wildman–Crippen LogP) is -1.37. The van der Waals surface area contributed by atoms with Gasteiger partial charge in [0.25, 0.3) is 11.8 Å². The summed E-state index contributed by atoms with van der Waals surface area (Å²) in [6.45, 7) is 0. The molecule has 3 N–H and O–H groups in total. The first kappa shape index (κ1) is 8.17. The van der Waals surface area contributed by atoms with E-state index >= 15 is 0 Å². The molecule has 0 radical (unpaired) electrons. The molecule has 1 rings (SSSR count). The SMILES string of the molecule is N#CN.O=C1C=CC(=O)N1. The standard InChI is InChI=1S/C4H3NO2.CH2N2/c6-3-1-2-4(7)5-3;2-1-3/h1-2H,(H,5,6,7);2H2. The Balaban J connectivity index is 0.000000236. The van der Waals surface area contributed by atoms with Gasteiger partial charge in [0.05, 0.1) is 0 Å². The average Bonchev–Trinajstić information content (AvgIpc) is 2.17. The molecule has 0 spiro atoms. The van der Waals surface area contributed by atoms with Gasteiger partial charge >= 0.3 is 0 Å². The zero-order valence-electron chi connectivity index (χ0n) is 5.00. The maximum Gasteiger partial charge on any atom is 0.250 e. The van der Waals surface area contributed by atoms with E-state index in [1.807, 2.05) is 5.32 Å². The Hall–Kier alpha value is -1.83. The Morgan fingerprint density at radius 1 is 1.40 bits per heavy atom. The quantitative estimate of drug-likeness (QED) is 0.246. The molecule has 1 aliphatic heterocycles. The maximum atomic E-state index is 10.0. The molecular weight excluding hydrogens is 134 g/mol. The number of carbonyl (C=O) groups is 2.